The van der Waals surface area contributed by atoms with Crippen molar-refractivity contribution >= 4 is 11.9 Å². The highest BCUT2D eigenvalue weighted by Gasteiger charge is 2.41. The van der Waals surface area contributed by atoms with Crippen molar-refractivity contribution in [3.63, 3.8) is 0 Å². The average Bonchev–Trinajstić information content (AvgIpc) is 3.27. The number of methoxy groups -OCH3 is 1. The van der Waals surface area contributed by atoms with Crippen LogP contribution in [0.25, 0.3) is 5.69 Å². The number of aliphatic carboxylic acids is 1. The highest BCUT2D eigenvalue weighted by atomic mass is 16.5. The van der Waals surface area contributed by atoms with Crippen LogP contribution in [0.2, 0.25) is 0 Å². The van der Waals surface area contributed by atoms with Crippen molar-refractivity contribution in [3.05, 3.63) is 42.2 Å². The van der Waals surface area contributed by atoms with Gasteiger partial charge in [0.25, 0.3) is 5.91 Å². The van der Waals surface area contributed by atoms with Crippen LogP contribution in [0.15, 0.2) is 36.7 Å². The summed E-state index contributed by atoms with van der Waals surface area (Å²) in [6.07, 6.45) is 2.95. The molecule has 4 N–H and O–H groups in total. The summed E-state index contributed by atoms with van der Waals surface area (Å²) in [5.74, 6) is -1.25. The first kappa shape index (κ1) is 18.9. The molecule has 0 saturated carbocycles. The second kappa shape index (κ2) is 7.77. The van der Waals surface area contributed by atoms with Crippen LogP contribution in [0, 0.1) is 5.92 Å². The number of carbonyl (C=O) groups is 2. The molecule has 0 spiro atoms. The number of amides is 1. The molecule has 144 valence electrons. The van der Waals surface area contributed by atoms with Gasteiger partial charge >= 0.3 is 5.97 Å². The third-order valence-corrected chi connectivity index (χ3v) is 4.81. The van der Waals surface area contributed by atoms with E-state index in [9.17, 15) is 14.7 Å². The van der Waals surface area contributed by atoms with Crippen LogP contribution in [-0.2, 0) is 4.79 Å². The van der Waals surface area contributed by atoms with Crippen LogP contribution >= 0.6 is 0 Å². The van der Waals surface area contributed by atoms with Crippen molar-refractivity contribution in [1.82, 2.24) is 25.9 Å². The van der Waals surface area contributed by atoms with E-state index < -0.39 is 17.9 Å². The molecule has 1 amide bonds. The number of para-hydroxylation sites is 2. The third-order valence-electron chi connectivity index (χ3n) is 4.81. The Kier molecular flexibility index (Phi) is 5.43. The quantitative estimate of drug-likeness (QED) is 0.585. The van der Waals surface area contributed by atoms with Crippen molar-refractivity contribution < 1.29 is 19.4 Å². The fourth-order valence-corrected chi connectivity index (χ4v) is 3.40. The van der Waals surface area contributed by atoms with Crippen molar-refractivity contribution in [2.45, 2.75) is 32.0 Å². The van der Waals surface area contributed by atoms with Crippen molar-refractivity contribution in [3.8, 4) is 11.4 Å². The van der Waals surface area contributed by atoms with Crippen LogP contribution in [-0.4, -0.2) is 52.0 Å². The fourth-order valence-electron chi connectivity index (χ4n) is 3.40. The normalized spacial score (nSPS) is 23.0. The summed E-state index contributed by atoms with van der Waals surface area (Å²) in [4.78, 5) is 24.4. The van der Waals surface area contributed by atoms with Gasteiger partial charge in [0, 0.05) is 24.2 Å². The van der Waals surface area contributed by atoms with Gasteiger partial charge in [-0.15, -0.1) is 0 Å². The lowest BCUT2D eigenvalue weighted by atomic mass is 9.88. The van der Waals surface area contributed by atoms with E-state index in [0.29, 0.717) is 11.4 Å². The Morgan fingerprint density at radius 3 is 2.56 bits per heavy atom. The predicted molar refractivity (Wildman–Crippen MR) is 97.7 cm³/mol. The molecular formula is C18H23N5O4. The Morgan fingerprint density at radius 2 is 1.93 bits per heavy atom. The molecular weight excluding hydrogens is 350 g/mol. The molecule has 0 bridgehead atoms. The van der Waals surface area contributed by atoms with Gasteiger partial charge in [-0.1, -0.05) is 12.1 Å². The number of nitrogens with zero attached hydrogens (tertiary/aromatic N) is 2. The Bertz CT molecular complexity index is 827. The number of carboxylic acids is 1. The molecule has 9 heteroatoms. The molecule has 3 unspecified atom stereocenters. The SMILES string of the molecule is COc1ccccc1-n1cc(C(=O)NC(C(=O)O)C2C(C)NNC2C)cn1. The predicted octanol–water partition coefficient (Wildman–Crippen LogP) is 0.565. The maximum absolute atomic E-state index is 12.6. The summed E-state index contributed by atoms with van der Waals surface area (Å²) < 4.78 is 6.82. The van der Waals surface area contributed by atoms with Gasteiger partial charge in [0.2, 0.25) is 0 Å². The molecule has 0 aliphatic carbocycles. The maximum atomic E-state index is 12.6. The smallest absolute Gasteiger partial charge is 0.326 e. The van der Waals surface area contributed by atoms with Crippen molar-refractivity contribution in [1.29, 1.82) is 0 Å². The zero-order chi connectivity index (χ0) is 19.6. The number of nitrogens with one attached hydrogen (secondary N) is 3. The number of benzene rings is 1. The van der Waals surface area contributed by atoms with E-state index in [-0.39, 0.29) is 23.6 Å². The molecule has 0 radical (unpaired) electrons. The lowest BCUT2D eigenvalue weighted by Crippen LogP contribution is -2.51. The monoisotopic (exact) mass is 373 g/mol. The van der Waals surface area contributed by atoms with Crippen LogP contribution in [0.5, 0.6) is 5.75 Å². The Morgan fingerprint density at radius 1 is 1.26 bits per heavy atom. The molecule has 1 saturated heterocycles. The molecule has 1 aliphatic heterocycles. The second-order valence-corrected chi connectivity index (χ2v) is 6.58. The lowest BCUT2D eigenvalue weighted by Gasteiger charge is -2.25. The first-order valence-corrected chi connectivity index (χ1v) is 8.65. The van der Waals surface area contributed by atoms with Gasteiger partial charge in [-0.05, 0) is 26.0 Å². The number of carbonyl (C=O) groups excluding carboxylic acids is 1. The Balaban J connectivity index is 1.80. The minimum absolute atomic E-state index is 0.0993. The highest BCUT2D eigenvalue weighted by molar-refractivity contribution is 5.96. The molecule has 1 aromatic carbocycles. The maximum Gasteiger partial charge on any atom is 0.326 e. The van der Waals surface area contributed by atoms with Crippen LogP contribution in [0.4, 0.5) is 0 Å². The summed E-state index contributed by atoms with van der Waals surface area (Å²) in [5, 5.41) is 16.4. The number of aromatic nitrogens is 2. The van der Waals surface area contributed by atoms with E-state index in [1.807, 2.05) is 32.0 Å². The van der Waals surface area contributed by atoms with E-state index in [2.05, 4.69) is 21.3 Å². The second-order valence-electron chi connectivity index (χ2n) is 6.58. The topological polar surface area (TPSA) is 118 Å². The zero-order valence-corrected chi connectivity index (χ0v) is 15.3. The summed E-state index contributed by atoms with van der Waals surface area (Å²) >= 11 is 0. The molecule has 2 aromatic rings. The van der Waals surface area contributed by atoms with Crippen LogP contribution in [0.3, 0.4) is 0 Å². The van der Waals surface area contributed by atoms with E-state index in [1.165, 1.54) is 10.9 Å². The van der Waals surface area contributed by atoms with Gasteiger partial charge in [-0.3, -0.25) is 15.6 Å². The fraction of sp³-hybridized carbons (Fsp3) is 0.389. The number of rotatable bonds is 6. The van der Waals surface area contributed by atoms with Gasteiger partial charge in [-0.2, -0.15) is 5.10 Å². The van der Waals surface area contributed by atoms with Crippen molar-refractivity contribution in [2.24, 2.45) is 5.92 Å². The molecule has 1 aliphatic rings. The van der Waals surface area contributed by atoms with Crippen LogP contribution in [0.1, 0.15) is 24.2 Å². The standard InChI is InChI=1S/C18H23N5O4/c1-10-15(11(2)22-21-10)16(18(25)26)20-17(24)12-8-19-23(9-12)13-6-4-5-7-14(13)27-3/h4-11,15-16,21-22H,1-3H3,(H,20,24)(H,25,26). The minimum atomic E-state index is -1.07. The number of hydrazine groups is 1. The Labute approximate surface area is 156 Å². The number of ether oxygens (including phenoxy) is 1. The molecule has 2 heterocycles. The molecule has 27 heavy (non-hydrogen) atoms. The van der Waals surface area contributed by atoms with E-state index in [0.717, 1.165) is 0 Å². The molecule has 3 atom stereocenters. The summed E-state index contributed by atoms with van der Waals surface area (Å²) in [7, 11) is 1.55. The lowest BCUT2D eigenvalue weighted by molar-refractivity contribution is -0.141. The summed E-state index contributed by atoms with van der Waals surface area (Å²) in [5.41, 5.74) is 6.97. The van der Waals surface area contributed by atoms with E-state index in [4.69, 9.17) is 4.74 Å². The highest BCUT2D eigenvalue weighted by Crippen LogP contribution is 2.22. The van der Waals surface area contributed by atoms with E-state index in [1.54, 1.807) is 19.4 Å². The number of carboxylic acid groups (broad SMARTS) is 1. The van der Waals surface area contributed by atoms with Gasteiger partial charge in [0.1, 0.15) is 17.5 Å². The number of hydrogen-bond donors (Lipinski definition) is 4. The average molecular weight is 373 g/mol. The number of hydrogen-bond acceptors (Lipinski definition) is 6. The van der Waals surface area contributed by atoms with Gasteiger partial charge < -0.3 is 15.2 Å². The third kappa shape index (κ3) is 3.79. The summed E-state index contributed by atoms with van der Waals surface area (Å²) in [6, 6.07) is 6.05. The van der Waals surface area contributed by atoms with Crippen molar-refractivity contribution in [2.75, 3.05) is 7.11 Å². The van der Waals surface area contributed by atoms with Gasteiger partial charge in [0.15, 0.2) is 0 Å². The minimum Gasteiger partial charge on any atom is -0.494 e. The molecule has 9 nitrogen and oxygen atoms in total. The zero-order valence-electron chi connectivity index (χ0n) is 15.3. The van der Waals surface area contributed by atoms with E-state index >= 15 is 0 Å². The summed E-state index contributed by atoms with van der Waals surface area (Å²) in [6.45, 7) is 3.76. The molecule has 1 fully saturated rings. The molecule has 1 aromatic heterocycles. The first-order chi connectivity index (χ1) is 12.9. The Hall–Kier alpha value is -2.91. The van der Waals surface area contributed by atoms with Gasteiger partial charge in [-0.25, -0.2) is 9.48 Å². The first-order valence-electron chi connectivity index (χ1n) is 8.65. The molecule has 3 rings (SSSR count). The van der Waals surface area contributed by atoms with Crippen LogP contribution < -0.4 is 20.9 Å². The van der Waals surface area contributed by atoms with Gasteiger partial charge in [0.05, 0.1) is 18.9 Å². The largest absolute Gasteiger partial charge is 0.494 e.